The summed E-state index contributed by atoms with van der Waals surface area (Å²) >= 11 is 6.36. The van der Waals surface area contributed by atoms with Crippen LogP contribution in [0.1, 0.15) is 0 Å². The number of benzene rings is 1. The van der Waals surface area contributed by atoms with Crippen LogP contribution in [0.15, 0.2) is 41.6 Å². The van der Waals surface area contributed by atoms with Crippen LogP contribution in [-0.2, 0) is 10.0 Å². The number of halogens is 3. The van der Waals surface area contributed by atoms with Crippen molar-refractivity contribution in [2.24, 2.45) is 0 Å². The summed E-state index contributed by atoms with van der Waals surface area (Å²) in [7, 11) is -1.85. The van der Waals surface area contributed by atoms with E-state index in [9.17, 15) is 17.2 Å². The van der Waals surface area contributed by atoms with Crippen molar-refractivity contribution in [1.29, 1.82) is 0 Å². The molecule has 0 saturated heterocycles. The molecular weight excluding hydrogens is 510 g/mol. The van der Waals surface area contributed by atoms with Gasteiger partial charge < -0.3 is 19.2 Å². The van der Waals surface area contributed by atoms with Crippen molar-refractivity contribution in [2.75, 3.05) is 25.5 Å². The lowest BCUT2D eigenvalue weighted by atomic mass is 10.1. The molecule has 4 aromatic rings. The smallest absolute Gasteiger partial charge is 0.272 e. The number of aromatic nitrogens is 5. The Kier molecular flexibility index (Phi) is 6.84. The molecule has 11 nitrogen and oxygen atoms in total. The Morgan fingerprint density at radius 2 is 1.86 bits per heavy atom. The third-order valence-electron chi connectivity index (χ3n) is 4.65. The normalized spacial score (nSPS) is 11.6. The van der Waals surface area contributed by atoms with E-state index in [1.165, 1.54) is 32.7 Å². The van der Waals surface area contributed by atoms with Crippen molar-refractivity contribution in [3.05, 3.63) is 41.7 Å². The molecule has 3 aromatic heterocycles. The molecule has 4 rings (SSSR count). The zero-order valence-electron chi connectivity index (χ0n) is 18.1. The van der Waals surface area contributed by atoms with Gasteiger partial charge in [0.2, 0.25) is 11.7 Å². The topological polar surface area (TPSA) is 141 Å². The van der Waals surface area contributed by atoms with Gasteiger partial charge in [-0.25, -0.2) is 21.9 Å². The van der Waals surface area contributed by atoms with Crippen LogP contribution in [0.4, 0.5) is 14.7 Å². The zero-order chi connectivity index (χ0) is 25.2. The molecule has 0 saturated carbocycles. The number of rotatable bonds is 9. The number of nitrogens with zero attached hydrogens (tertiary/aromatic N) is 4. The molecule has 2 N–H and O–H groups in total. The van der Waals surface area contributed by atoms with Crippen molar-refractivity contribution >= 4 is 38.5 Å². The average Bonchev–Trinajstić information content (AvgIpc) is 3.27. The van der Waals surface area contributed by atoms with Crippen LogP contribution < -0.4 is 18.9 Å². The van der Waals surface area contributed by atoms with Crippen LogP contribution in [0.3, 0.4) is 0 Å². The molecular formula is C20H17ClF2N6O5S. The monoisotopic (exact) mass is 526 g/mol. The molecule has 184 valence electrons. The lowest BCUT2D eigenvalue weighted by Crippen LogP contribution is -2.16. The minimum absolute atomic E-state index is 0.131. The second-order valence-electron chi connectivity index (χ2n) is 6.81. The van der Waals surface area contributed by atoms with E-state index in [0.29, 0.717) is 27.2 Å². The fraction of sp³-hybridized carbons (Fsp3) is 0.200. The van der Waals surface area contributed by atoms with Crippen molar-refractivity contribution in [3.63, 3.8) is 0 Å². The van der Waals surface area contributed by atoms with Crippen LogP contribution in [-0.4, -0.2) is 60.8 Å². The van der Waals surface area contributed by atoms with Gasteiger partial charge in [-0.15, -0.1) is 0 Å². The number of methoxy groups -OCH3 is 2. The number of fused-ring (bicyclic) bond motifs is 1. The minimum atomic E-state index is -4.25. The quantitative estimate of drug-likeness (QED) is 0.335. The maximum atomic E-state index is 13.2. The number of nitrogens with one attached hydrogen (secondary N) is 2. The largest absolute Gasteiger partial charge is 0.478 e. The number of sulfonamides is 1. The van der Waals surface area contributed by atoms with Crippen molar-refractivity contribution in [2.45, 2.75) is 11.3 Å². The number of anilines is 1. The molecule has 0 aliphatic heterocycles. The summed E-state index contributed by atoms with van der Waals surface area (Å²) in [6, 6.07) is 6.43. The highest BCUT2D eigenvalue weighted by atomic mass is 35.5. The summed E-state index contributed by atoms with van der Waals surface area (Å²) in [4.78, 5) is 10.6. The van der Waals surface area contributed by atoms with Crippen molar-refractivity contribution < 1.29 is 31.4 Å². The summed E-state index contributed by atoms with van der Waals surface area (Å²) in [6.45, 7) is -0.965. The fourth-order valence-corrected chi connectivity index (χ4v) is 4.60. The van der Waals surface area contributed by atoms with Crippen LogP contribution in [0.2, 0.25) is 5.02 Å². The minimum Gasteiger partial charge on any atom is -0.478 e. The molecule has 0 aliphatic carbocycles. The summed E-state index contributed by atoms with van der Waals surface area (Å²) in [6.07, 6.45) is 0.000605. The molecule has 3 heterocycles. The van der Waals surface area contributed by atoms with E-state index in [1.807, 2.05) is 0 Å². The number of ether oxygens (including phenoxy) is 3. The van der Waals surface area contributed by atoms with Gasteiger partial charge >= 0.3 is 0 Å². The molecule has 0 unspecified atom stereocenters. The number of hydrogen-bond donors (Lipinski definition) is 2. The Bertz CT molecular complexity index is 1440. The Balaban J connectivity index is 1.74. The highest BCUT2D eigenvalue weighted by Crippen LogP contribution is 2.38. The maximum absolute atomic E-state index is 13.2. The van der Waals surface area contributed by atoms with E-state index >= 15 is 0 Å². The Morgan fingerprint density at radius 1 is 1.14 bits per heavy atom. The molecule has 0 aliphatic rings. The van der Waals surface area contributed by atoms with E-state index < -0.39 is 29.0 Å². The number of hydrogen-bond acceptors (Lipinski definition) is 9. The first-order valence-electron chi connectivity index (χ1n) is 9.76. The first-order valence-corrected chi connectivity index (χ1v) is 11.6. The van der Waals surface area contributed by atoms with Gasteiger partial charge in [-0.2, -0.15) is 20.2 Å². The fourth-order valence-electron chi connectivity index (χ4n) is 3.23. The molecule has 0 radical (unpaired) electrons. The van der Waals surface area contributed by atoms with Gasteiger partial charge in [-0.05, 0) is 24.3 Å². The van der Waals surface area contributed by atoms with Gasteiger partial charge in [0, 0.05) is 23.3 Å². The molecule has 0 amide bonds. The predicted molar refractivity (Wildman–Crippen MR) is 122 cm³/mol. The van der Waals surface area contributed by atoms with E-state index in [4.69, 9.17) is 25.8 Å². The van der Waals surface area contributed by atoms with Gasteiger partial charge in [-0.3, -0.25) is 0 Å². The van der Waals surface area contributed by atoms with E-state index in [2.05, 4.69) is 29.9 Å². The van der Waals surface area contributed by atoms with Gasteiger partial charge in [0.15, 0.2) is 0 Å². The molecule has 15 heteroatoms. The Hall–Kier alpha value is -3.78. The van der Waals surface area contributed by atoms with E-state index in [1.54, 1.807) is 18.2 Å². The molecule has 35 heavy (non-hydrogen) atoms. The lowest BCUT2D eigenvalue weighted by molar-refractivity contribution is 0.0781. The van der Waals surface area contributed by atoms with Crippen LogP contribution >= 0.6 is 11.6 Å². The highest BCUT2D eigenvalue weighted by molar-refractivity contribution is 7.93. The van der Waals surface area contributed by atoms with Gasteiger partial charge in [0.25, 0.3) is 28.2 Å². The molecule has 0 atom stereocenters. The first kappa shape index (κ1) is 24.3. The average molecular weight is 527 g/mol. The van der Waals surface area contributed by atoms with Gasteiger partial charge in [0.1, 0.15) is 11.5 Å². The van der Waals surface area contributed by atoms with Crippen LogP contribution in [0.5, 0.6) is 17.5 Å². The van der Waals surface area contributed by atoms with Crippen molar-refractivity contribution in [3.8, 4) is 28.8 Å². The summed E-state index contributed by atoms with van der Waals surface area (Å²) < 4.78 is 68.9. The second kappa shape index (κ2) is 9.84. The highest BCUT2D eigenvalue weighted by Gasteiger charge is 2.26. The molecule has 0 spiro atoms. The zero-order valence-corrected chi connectivity index (χ0v) is 19.7. The predicted octanol–water partition coefficient (Wildman–Crippen LogP) is 3.53. The molecule has 0 bridgehead atoms. The first-order chi connectivity index (χ1) is 16.7. The third-order valence-corrected chi connectivity index (χ3v) is 6.34. The summed E-state index contributed by atoms with van der Waals surface area (Å²) in [5.74, 6) is -1.33. The van der Waals surface area contributed by atoms with Crippen LogP contribution in [0, 0.1) is 0 Å². The third kappa shape index (κ3) is 4.88. The van der Waals surface area contributed by atoms with Crippen molar-refractivity contribution in [1.82, 2.24) is 25.1 Å². The standard InChI is InChI=1S/C20H17ClF2N6O5S/c1-32-18-17(34-9-14(22)23)19(33-2)27-20(26-18)29-35(30,31)13-8-24-16-10(13)5-6-11(21)15(16)12-4-3-7-25-28-12/h3-8,14,24H,9H2,1-2H3,(H,26,27,29). The number of alkyl halides is 2. The SMILES string of the molecule is COc1nc(NS(=O)(=O)c2c[nH]c3c(-c4cccnn4)c(Cl)ccc23)nc(OC)c1OCC(F)F. The van der Waals surface area contributed by atoms with Gasteiger partial charge in [-0.1, -0.05) is 11.6 Å². The summed E-state index contributed by atoms with van der Waals surface area (Å²) in [5, 5.41) is 8.54. The second-order valence-corrected chi connectivity index (χ2v) is 8.87. The summed E-state index contributed by atoms with van der Waals surface area (Å²) in [5.41, 5.74) is 1.34. The molecule has 1 aromatic carbocycles. The molecule has 0 fully saturated rings. The Morgan fingerprint density at radius 3 is 2.46 bits per heavy atom. The van der Waals surface area contributed by atoms with Gasteiger partial charge in [0.05, 0.1) is 30.5 Å². The number of H-pyrrole nitrogens is 1. The van der Waals surface area contributed by atoms with Crippen LogP contribution in [0.25, 0.3) is 22.2 Å². The Labute approximate surface area is 202 Å². The van der Waals surface area contributed by atoms with E-state index in [-0.39, 0.29) is 22.4 Å². The van der Waals surface area contributed by atoms with E-state index in [0.717, 1.165) is 0 Å². The lowest BCUT2D eigenvalue weighted by Gasteiger charge is -2.14. The number of aromatic amines is 1. The maximum Gasteiger partial charge on any atom is 0.272 e.